The topological polar surface area (TPSA) is 57.6 Å². The van der Waals surface area contributed by atoms with Crippen molar-refractivity contribution in [2.75, 3.05) is 13.1 Å². The normalized spacial score (nSPS) is 25.6. The Morgan fingerprint density at radius 1 is 1.25 bits per heavy atom. The minimum atomic E-state index is -0.872. The van der Waals surface area contributed by atoms with Crippen molar-refractivity contribution in [3.8, 4) is 0 Å². The standard InChI is InChI=1S/C19H24FNO3/c1-13(2)19(17(23)24)9-10-21(12-19)16(22)18(7-4-8-18)14-5-3-6-15(20)11-14/h3,5-6,11,13H,4,7-10,12H2,1-2H3,(H,23,24). The fourth-order valence-electron chi connectivity index (χ4n) is 4.14. The maximum absolute atomic E-state index is 13.6. The van der Waals surface area contributed by atoms with Crippen molar-refractivity contribution in [1.82, 2.24) is 4.90 Å². The van der Waals surface area contributed by atoms with Crippen molar-refractivity contribution >= 4 is 11.9 Å². The fraction of sp³-hybridized carbons (Fsp3) is 0.579. The highest BCUT2D eigenvalue weighted by atomic mass is 19.1. The summed E-state index contributed by atoms with van der Waals surface area (Å²) in [6.07, 6.45) is 2.82. The van der Waals surface area contributed by atoms with Crippen LogP contribution >= 0.6 is 0 Å². The summed E-state index contributed by atoms with van der Waals surface area (Å²) < 4.78 is 13.6. The third kappa shape index (κ3) is 2.41. The molecule has 1 saturated carbocycles. The van der Waals surface area contributed by atoms with Crippen molar-refractivity contribution in [2.24, 2.45) is 11.3 Å². The maximum Gasteiger partial charge on any atom is 0.311 e. The number of carbonyl (C=O) groups is 2. The van der Waals surface area contributed by atoms with E-state index in [1.165, 1.54) is 12.1 Å². The zero-order valence-electron chi connectivity index (χ0n) is 14.2. The number of hydrogen-bond donors (Lipinski definition) is 1. The van der Waals surface area contributed by atoms with Gasteiger partial charge in [-0.3, -0.25) is 9.59 Å². The van der Waals surface area contributed by atoms with Crippen LogP contribution < -0.4 is 0 Å². The van der Waals surface area contributed by atoms with Crippen LogP contribution in [0, 0.1) is 17.2 Å². The number of hydrogen-bond acceptors (Lipinski definition) is 2. The minimum Gasteiger partial charge on any atom is -0.481 e. The van der Waals surface area contributed by atoms with Gasteiger partial charge in [0.1, 0.15) is 5.82 Å². The lowest BCUT2D eigenvalue weighted by Crippen LogP contribution is -2.51. The third-order valence-electron chi connectivity index (χ3n) is 6.11. The number of halogens is 1. The first kappa shape index (κ1) is 16.9. The molecular formula is C19H24FNO3. The Morgan fingerprint density at radius 2 is 1.96 bits per heavy atom. The zero-order chi connectivity index (χ0) is 17.5. The summed E-state index contributed by atoms with van der Waals surface area (Å²) in [4.78, 5) is 26.7. The van der Waals surface area contributed by atoms with Crippen LogP contribution in [0.2, 0.25) is 0 Å². The number of carboxylic acids is 1. The van der Waals surface area contributed by atoms with Crippen molar-refractivity contribution in [2.45, 2.75) is 44.9 Å². The molecule has 1 aromatic rings. The van der Waals surface area contributed by atoms with E-state index in [2.05, 4.69) is 0 Å². The van der Waals surface area contributed by atoms with Gasteiger partial charge in [-0.2, -0.15) is 0 Å². The summed E-state index contributed by atoms with van der Waals surface area (Å²) in [7, 11) is 0. The van der Waals surface area contributed by atoms with Crippen LogP contribution in [-0.2, 0) is 15.0 Å². The molecule has 4 nitrogen and oxygen atoms in total. The number of amides is 1. The van der Waals surface area contributed by atoms with Gasteiger partial charge < -0.3 is 10.0 Å². The lowest BCUT2D eigenvalue weighted by atomic mass is 9.63. The van der Waals surface area contributed by atoms with E-state index in [0.29, 0.717) is 25.8 Å². The third-order valence-corrected chi connectivity index (χ3v) is 6.11. The summed E-state index contributed by atoms with van der Waals surface area (Å²) >= 11 is 0. The van der Waals surface area contributed by atoms with E-state index in [0.717, 1.165) is 12.0 Å². The van der Waals surface area contributed by atoms with Gasteiger partial charge in [0.15, 0.2) is 0 Å². The number of benzene rings is 1. The molecule has 24 heavy (non-hydrogen) atoms. The Hall–Kier alpha value is -1.91. The summed E-state index contributed by atoms with van der Waals surface area (Å²) in [6.45, 7) is 4.50. The summed E-state index contributed by atoms with van der Waals surface area (Å²) in [5.41, 5.74) is -0.827. The van der Waals surface area contributed by atoms with E-state index in [1.54, 1.807) is 11.0 Å². The Labute approximate surface area is 141 Å². The van der Waals surface area contributed by atoms with Crippen LogP contribution in [-0.4, -0.2) is 35.0 Å². The molecule has 1 saturated heterocycles. The van der Waals surface area contributed by atoms with Crippen LogP contribution in [0.1, 0.15) is 45.1 Å². The van der Waals surface area contributed by atoms with Crippen LogP contribution in [0.4, 0.5) is 4.39 Å². The predicted molar refractivity (Wildman–Crippen MR) is 88.0 cm³/mol. The Balaban J connectivity index is 1.87. The quantitative estimate of drug-likeness (QED) is 0.920. The van der Waals surface area contributed by atoms with Crippen LogP contribution in [0.3, 0.4) is 0 Å². The molecular weight excluding hydrogens is 309 g/mol. The zero-order valence-corrected chi connectivity index (χ0v) is 14.2. The molecule has 1 unspecified atom stereocenters. The first-order chi connectivity index (χ1) is 11.3. The van der Waals surface area contributed by atoms with Crippen molar-refractivity contribution in [3.63, 3.8) is 0 Å². The van der Waals surface area contributed by atoms with Crippen LogP contribution in [0.15, 0.2) is 24.3 Å². The van der Waals surface area contributed by atoms with Crippen molar-refractivity contribution in [3.05, 3.63) is 35.6 Å². The minimum absolute atomic E-state index is 0.0388. The van der Waals surface area contributed by atoms with E-state index < -0.39 is 16.8 Å². The molecule has 2 fully saturated rings. The molecule has 1 aliphatic heterocycles. The molecule has 1 atom stereocenters. The monoisotopic (exact) mass is 333 g/mol. The number of rotatable bonds is 4. The van der Waals surface area contributed by atoms with Gasteiger partial charge in [-0.25, -0.2) is 4.39 Å². The highest BCUT2D eigenvalue weighted by Crippen LogP contribution is 2.47. The van der Waals surface area contributed by atoms with E-state index in [-0.39, 0.29) is 24.2 Å². The van der Waals surface area contributed by atoms with Gasteiger partial charge in [0.05, 0.1) is 10.8 Å². The van der Waals surface area contributed by atoms with Gasteiger partial charge in [-0.15, -0.1) is 0 Å². The second-order valence-corrected chi connectivity index (χ2v) is 7.54. The highest BCUT2D eigenvalue weighted by Gasteiger charge is 2.54. The Kier molecular flexibility index (Phi) is 4.14. The van der Waals surface area contributed by atoms with Gasteiger partial charge >= 0.3 is 5.97 Å². The van der Waals surface area contributed by atoms with E-state index in [4.69, 9.17) is 0 Å². The number of carbonyl (C=O) groups excluding carboxylic acids is 1. The number of nitrogens with zero attached hydrogens (tertiary/aromatic N) is 1. The van der Waals surface area contributed by atoms with E-state index in [1.807, 2.05) is 19.9 Å². The first-order valence-corrected chi connectivity index (χ1v) is 8.61. The SMILES string of the molecule is CC(C)C1(C(=O)O)CCN(C(=O)C2(c3cccc(F)c3)CCC2)C1. The lowest BCUT2D eigenvalue weighted by Gasteiger charge is -2.43. The average molecular weight is 333 g/mol. The summed E-state index contributed by atoms with van der Waals surface area (Å²) in [6, 6.07) is 6.27. The average Bonchev–Trinajstić information content (AvgIpc) is 2.92. The summed E-state index contributed by atoms with van der Waals surface area (Å²) in [5.74, 6) is -1.25. The molecule has 0 spiro atoms. The Morgan fingerprint density at radius 3 is 2.42 bits per heavy atom. The van der Waals surface area contributed by atoms with Crippen molar-refractivity contribution in [1.29, 1.82) is 0 Å². The first-order valence-electron chi connectivity index (χ1n) is 8.61. The molecule has 130 valence electrons. The van der Waals surface area contributed by atoms with Gasteiger partial charge in [0, 0.05) is 13.1 Å². The Bertz CT molecular complexity index is 668. The van der Waals surface area contributed by atoms with Crippen molar-refractivity contribution < 1.29 is 19.1 Å². The smallest absolute Gasteiger partial charge is 0.311 e. The molecule has 1 amide bonds. The van der Waals surface area contributed by atoms with E-state index >= 15 is 0 Å². The highest BCUT2D eigenvalue weighted by molar-refractivity contribution is 5.90. The summed E-state index contributed by atoms with van der Waals surface area (Å²) in [5, 5.41) is 9.67. The molecule has 5 heteroatoms. The second kappa shape index (κ2) is 5.87. The molecule has 1 aromatic carbocycles. The molecule has 3 rings (SSSR count). The van der Waals surface area contributed by atoms with Gasteiger partial charge in [-0.05, 0) is 42.9 Å². The number of likely N-dealkylation sites (tertiary alicyclic amines) is 1. The molecule has 1 heterocycles. The van der Waals surface area contributed by atoms with Gasteiger partial charge in [-0.1, -0.05) is 32.4 Å². The lowest BCUT2D eigenvalue weighted by molar-refractivity contribution is -0.152. The van der Waals surface area contributed by atoms with E-state index in [9.17, 15) is 19.1 Å². The molecule has 2 aliphatic rings. The maximum atomic E-state index is 13.6. The van der Waals surface area contributed by atoms with Crippen LogP contribution in [0.25, 0.3) is 0 Å². The molecule has 0 bridgehead atoms. The van der Waals surface area contributed by atoms with Crippen LogP contribution in [0.5, 0.6) is 0 Å². The second-order valence-electron chi connectivity index (χ2n) is 7.54. The number of carboxylic acid groups (broad SMARTS) is 1. The van der Waals surface area contributed by atoms with Gasteiger partial charge in [0.25, 0.3) is 0 Å². The number of aliphatic carboxylic acids is 1. The predicted octanol–water partition coefficient (Wildman–Crippen LogP) is 3.21. The molecule has 0 radical (unpaired) electrons. The van der Waals surface area contributed by atoms with Gasteiger partial charge in [0.2, 0.25) is 5.91 Å². The molecule has 1 aliphatic carbocycles. The molecule has 0 aromatic heterocycles. The fourth-order valence-corrected chi connectivity index (χ4v) is 4.14. The molecule has 1 N–H and O–H groups in total. The largest absolute Gasteiger partial charge is 0.481 e.